The van der Waals surface area contributed by atoms with Crippen molar-refractivity contribution in [3.8, 4) is 5.75 Å². The molecule has 1 atom stereocenters. The lowest BCUT2D eigenvalue weighted by molar-refractivity contribution is 0.263. The minimum atomic E-state index is -3.62. The van der Waals surface area contributed by atoms with Crippen LogP contribution in [0.3, 0.4) is 0 Å². The lowest BCUT2D eigenvalue weighted by Crippen LogP contribution is -2.12. The standard InChI is InChI=1S/C9H11NO4S/c10-15(11,12)9-3-1-7(2-4-9)13-5-8-6-14-8/h1-4,8H,5-6H2,(H2,10,11,12). The topological polar surface area (TPSA) is 81.9 Å². The van der Waals surface area contributed by atoms with Gasteiger partial charge in [-0.15, -0.1) is 0 Å². The Bertz CT molecular complexity index is 436. The summed E-state index contributed by atoms with van der Waals surface area (Å²) in [6.45, 7) is 1.23. The van der Waals surface area contributed by atoms with Gasteiger partial charge < -0.3 is 9.47 Å². The van der Waals surface area contributed by atoms with Crippen molar-refractivity contribution in [2.45, 2.75) is 11.0 Å². The van der Waals surface area contributed by atoms with Gasteiger partial charge in [0.25, 0.3) is 0 Å². The van der Waals surface area contributed by atoms with Crippen molar-refractivity contribution < 1.29 is 17.9 Å². The van der Waals surface area contributed by atoms with Crippen LogP contribution in [0.2, 0.25) is 0 Å². The van der Waals surface area contributed by atoms with Gasteiger partial charge in [0, 0.05) is 0 Å². The summed E-state index contributed by atoms with van der Waals surface area (Å²) < 4.78 is 32.2. The molecule has 2 N–H and O–H groups in total. The van der Waals surface area contributed by atoms with E-state index in [1.54, 1.807) is 12.1 Å². The summed E-state index contributed by atoms with van der Waals surface area (Å²) in [5.74, 6) is 0.609. The van der Waals surface area contributed by atoms with Gasteiger partial charge in [0.05, 0.1) is 11.5 Å². The summed E-state index contributed by atoms with van der Waals surface area (Å²) in [4.78, 5) is 0.0810. The molecule has 1 aromatic rings. The summed E-state index contributed by atoms with van der Waals surface area (Å²) in [5, 5.41) is 4.95. The van der Waals surface area contributed by atoms with E-state index in [2.05, 4.69) is 0 Å². The third-order valence-electron chi connectivity index (χ3n) is 1.99. The van der Waals surface area contributed by atoms with Crippen LogP contribution in [-0.4, -0.2) is 27.7 Å². The fourth-order valence-electron chi connectivity index (χ4n) is 1.08. The molecule has 0 radical (unpaired) electrons. The maximum Gasteiger partial charge on any atom is 0.238 e. The third-order valence-corrected chi connectivity index (χ3v) is 2.92. The smallest absolute Gasteiger partial charge is 0.238 e. The highest BCUT2D eigenvalue weighted by Gasteiger charge is 2.23. The number of ether oxygens (including phenoxy) is 2. The molecule has 0 aliphatic carbocycles. The van der Waals surface area contributed by atoms with Gasteiger partial charge in [-0.2, -0.15) is 0 Å². The van der Waals surface area contributed by atoms with Crippen LogP contribution in [0, 0.1) is 0 Å². The molecule has 1 saturated heterocycles. The summed E-state index contributed by atoms with van der Waals surface area (Å²) in [5.41, 5.74) is 0. The second kappa shape index (κ2) is 3.80. The third kappa shape index (κ3) is 2.92. The molecule has 1 unspecified atom stereocenters. The molecule has 1 aliphatic rings. The molecule has 6 heteroatoms. The Morgan fingerprint density at radius 2 is 2.00 bits per heavy atom. The minimum Gasteiger partial charge on any atom is -0.491 e. The van der Waals surface area contributed by atoms with E-state index in [0.717, 1.165) is 6.61 Å². The van der Waals surface area contributed by atoms with E-state index < -0.39 is 10.0 Å². The lowest BCUT2D eigenvalue weighted by atomic mass is 10.3. The van der Waals surface area contributed by atoms with Gasteiger partial charge in [-0.25, -0.2) is 13.6 Å². The Labute approximate surface area is 87.8 Å². The molecule has 2 rings (SSSR count). The molecule has 1 fully saturated rings. The summed E-state index contributed by atoms with van der Waals surface area (Å²) in [6, 6.07) is 5.97. The average Bonchev–Trinajstić information content (AvgIpc) is 2.97. The van der Waals surface area contributed by atoms with Crippen LogP contribution in [-0.2, 0) is 14.8 Å². The first-order valence-electron chi connectivity index (χ1n) is 4.43. The van der Waals surface area contributed by atoms with E-state index in [4.69, 9.17) is 14.6 Å². The van der Waals surface area contributed by atoms with Crippen molar-refractivity contribution in [1.29, 1.82) is 0 Å². The van der Waals surface area contributed by atoms with Crippen LogP contribution in [0.25, 0.3) is 0 Å². The van der Waals surface area contributed by atoms with Crippen molar-refractivity contribution in [3.63, 3.8) is 0 Å². The van der Waals surface area contributed by atoms with Crippen molar-refractivity contribution in [1.82, 2.24) is 0 Å². The van der Waals surface area contributed by atoms with Crippen LogP contribution in [0.1, 0.15) is 0 Å². The molecular formula is C9H11NO4S. The molecule has 1 heterocycles. The molecule has 1 aliphatic heterocycles. The van der Waals surface area contributed by atoms with E-state index in [-0.39, 0.29) is 11.0 Å². The SMILES string of the molecule is NS(=O)(=O)c1ccc(OCC2CO2)cc1. The van der Waals surface area contributed by atoms with Crippen LogP contribution >= 0.6 is 0 Å². The van der Waals surface area contributed by atoms with Crippen LogP contribution in [0.15, 0.2) is 29.2 Å². The summed E-state index contributed by atoms with van der Waals surface area (Å²) in [6.07, 6.45) is 0.183. The Kier molecular flexibility index (Phi) is 2.64. The second-order valence-corrected chi connectivity index (χ2v) is 4.84. The molecule has 0 saturated carbocycles. The van der Waals surface area contributed by atoms with Crippen LogP contribution in [0.4, 0.5) is 0 Å². The van der Waals surface area contributed by atoms with Gasteiger partial charge in [-0.1, -0.05) is 0 Å². The Morgan fingerprint density at radius 1 is 1.40 bits per heavy atom. The fraction of sp³-hybridized carbons (Fsp3) is 0.333. The zero-order valence-electron chi connectivity index (χ0n) is 7.92. The van der Waals surface area contributed by atoms with Crippen LogP contribution < -0.4 is 9.88 Å². The highest BCUT2D eigenvalue weighted by Crippen LogP contribution is 2.17. The van der Waals surface area contributed by atoms with Gasteiger partial charge >= 0.3 is 0 Å². The zero-order chi connectivity index (χ0) is 10.9. The molecule has 0 aromatic heterocycles. The average molecular weight is 229 g/mol. The number of hydrogen-bond donors (Lipinski definition) is 1. The predicted octanol–water partition coefficient (Wildman–Crippen LogP) is 0.112. The Morgan fingerprint density at radius 3 is 2.47 bits per heavy atom. The molecular weight excluding hydrogens is 218 g/mol. The molecule has 0 bridgehead atoms. The van der Waals surface area contributed by atoms with E-state index in [9.17, 15) is 8.42 Å². The summed E-state index contributed by atoms with van der Waals surface area (Å²) >= 11 is 0. The molecule has 0 amide bonds. The Balaban J connectivity index is 2.02. The first-order chi connectivity index (χ1) is 7.05. The minimum absolute atomic E-state index is 0.0810. The number of epoxide rings is 1. The van der Waals surface area contributed by atoms with Crippen molar-refractivity contribution in [3.05, 3.63) is 24.3 Å². The number of primary sulfonamides is 1. The van der Waals surface area contributed by atoms with Gasteiger partial charge in [-0.05, 0) is 24.3 Å². The summed E-state index contributed by atoms with van der Waals surface area (Å²) in [7, 11) is -3.62. The van der Waals surface area contributed by atoms with Gasteiger partial charge in [0.15, 0.2) is 0 Å². The molecule has 5 nitrogen and oxygen atoms in total. The first-order valence-corrected chi connectivity index (χ1v) is 5.97. The van der Waals surface area contributed by atoms with Gasteiger partial charge in [-0.3, -0.25) is 0 Å². The molecule has 1 aromatic carbocycles. The number of rotatable bonds is 4. The largest absolute Gasteiger partial charge is 0.491 e. The number of nitrogens with two attached hydrogens (primary N) is 1. The maximum absolute atomic E-state index is 10.9. The fourth-order valence-corrected chi connectivity index (χ4v) is 1.59. The molecule has 15 heavy (non-hydrogen) atoms. The molecule has 82 valence electrons. The van der Waals surface area contributed by atoms with E-state index >= 15 is 0 Å². The van der Waals surface area contributed by atoms with Gasteiger partial charge in [0.2, 0.25) is 10.0 Å². The van der Waals surface area contributed by atoms with E-state index in [1.165, 1.54) is 12.1 Å². The predicted molar refractivity (Wildman–Crippen MR) is 53.1 cm³/mol. The van der Waals surface area contributed by atoms with Crippen molar-refractivity contribution >= 4 is 10.0 Å². The quantitative estimate of drug-likeness (QED) is 0.743. The highest BCUT2D eigenvalue weighted by molar-refractivity contribution is 7.89. The highest BCUT2D eigenvalue weighted by atomic mass is 32.2. The Hall–Kier alpha value is -1.11. The van der Waals surface area contributed by atoms with E-state index in [1.807, 2.05) is 0 Å². The normalized spacial score (nSPS) is 19.9. The molecule has 0 spiro atoms. The maximum atomic E-state index is 10.9. The van der Waals surface area contributed by atoms with E-state index in [0.29, 0.717) is 12.4 Å². The first kappa shape index (κ1) is 10.4. The number of sulfonamides is 1. The monoisotopic (exact) mass is 229 g/mol. The second-order valence-electron chi connectivity index (χ2n) is 3.28. The number of hydrogen-bond acceptors (Lipinski definition) is 4. The van der Waals surface area contributed by atoms with Crippen molar-refractivity contribution in [2.75, 3.05) is 13.2 Å². The van der Waals surface area contributed by atoms with Crippen molar-refractivity contribution in [2.24, 2.45) is 5.14 Å². The van der Waals surface area contributed by atoms with Gasteiger partial charge in [0.1, 0.15) is 18.5 Å². The number of benzene rings is 1. The van der Waals surface area contributed by atoms with Crippen LogP contribution in [0.5, 0.6) is 5.75 Å². The lowest BCUT2D eigenvalue weighted by Gasteiger charge is -2.04. The zero-order valence-corrected chi connectivity index (χ0v) is 8.74.